The Hall–Kier alpha value is -4.54. The first kappa shape index (κ1) is 33.4. The summed E-state index contributed by atoms with van der Waals surface area (Å²) in [5, 5.41) is 0. The summed E-state index contributed by atoms with van der Waals surface area (Å²) in [5.41, 5.74) is 1.90. The number of rotatable bonds is 13. The standard InChI is InChI=1S/C29H29NO12S3/c1-37-26-17-23(20-6-9-22(10-7-20)40-43(3,31)32)28(38-2)29(42-45(5,35)36)27(26)21-8-11-24(25(16-21)41-44(4,33)34)39-18-19-12-14-30-15-13-19/h6-17H,18H2,1-5H3. The molecule has 240 valence electrons. The Kier molecular flexibility index (Phi) is 9.79. The maximum atomic E-state index is 12.5. The van der Waals surface area contributed by atoms with Crippen LogP contribution in [0.5, 0.6) is 34.5 Å². The molecule has 0 bridgehead atoms. The summed E-state index contributed by atoms with van der Waals surface area (Å²) < 4.78 is 105. The van der Waals surface area contributed by atoms with Crippen LogP contribution >= 0.6 is 0 Å². The van der Waals surface area contributed by atoms with Crippen LogP contribution in [0.25, 0.3) is 22.3 Å². The van der Waals surface area contributed by atoms with E-state index in [9.17, 15) is 25.3 Å². The summed E-state index contributed by atoms with van der Waals surface area (Å²) in [7, 11) is -9.30. The van der Waals surface area contributed by atoms with Crippen molar-refractivity contribution in [2.75, 3.05) is 33.0 Å². The molecule has 0 fully saturated rings. The van der Waals surface area contributed by atoms with E-state index in [0.29, 0.717) is 11.1 Å². The SMILES string of the molecule is COc1cc(-c2ccc(OS(C)(=O)=O)cc2)c(OC)c(OS(C)(=O)=O)c1-c1ccc(OCc2ccncc2)c(OS(C)(=O)=O)c1. The Morgan fingerprint density at radius 3 is 1.76 bits per heavy atom. The van der Waals surface area contributed by atoms with Crippen molar-refractivity contribution in [3.63, 3.8) is 0 Å². The van der Waals surface area contributed by atoms with E-state index < -0.39 is 30.4 Å². The van der Waals surface area contributed by atoms with E-state index in [1.807, 2.05) is 0 Å². The van der Waals surface area contributed by atoms with Crippen molar-refractivity contribution in [2.45, 2.75) is 6.61 Å². The average Bonchev–Trinajstić information content (AvgIpc) is 2.94. The van der Waals surface area contributed by atoms with E-state index in [-0.39, 0.29) is 52.2 Å². The highest BCUT2D eigenvalue weighted by molar-refractivity contribution is 7.86. The van der Waals surface area contributed by atoms with Crippen LogP contribution in [0.3, 0.4) is 0 Å². The van der Waals surface area contributed by atoms with Crippen LogP contribution in [0, 0.1) is 0 Å². The number of ether oxygens (including phenoxy) is 3. The molecule has 0 aliphatic rings. The second-order valence-corrected chi connectivity index (χ2v) is 14.3. The maximum absolute atomic E-state index is 12.5. The molecule has 4 aromatic rings. The molecule has 1 heterocycles. The molecule has 45 heavy (non-hydrogen) atoms. The van der Waals surface area contributed by atoms with Gasteiger partial charge in [-0.1, -0.05) is 18.2 Å². The summed E-state index contributed by atoms with van der Waals surface area (Å²) in [4.78, 5) is 3.95. The van der Waals surface area contributed by atoms with E-state index in [0.717, 1.165) is 24.3 Å². The second-order valence-electron chi connectivity index (χ2n) is 9.56. The first-order valence-corrected chi connectivity index (χ1v) is 18.3. The van der Waals surface area contributed by atoms with E-state index >= 15 is 0 Å². The monoisotopic (exact) mass is 679 g/mol. The minimum atomic E-state index is -4.16. The molecule has 0 N–H and O–H groups in total. The van der Waals surface area contributed by atoms with Gasteiger partial charge in [-0.2, -0.15) is 25.3 Å². The van der Waals surface area contributed by atoms with Crippen molar-refractivity contribution >= 4 is 30.4 Å². The zero-order valence-corrected chi connectivity index (χ0v) is 27.2. The minimum absolute atomic E-state index is 0.0170. The van der Waals surface area contributed by atoms with E-state index in [4.69, 9.17) is 26.8 Å². The molecule has 0 radical (unpaired) electrons. The number of aromatic nitrogens is 1. The number of nitrogens with zero attached hydrogens (tertiary/aromatic N) is 1. The second kappa shape index (κ2) is 13.2. The Labute approximate surface area is 261 Å². The number of hydrogen-bond donors (Lipinski definition) is 0. The number of methoxy groups -OCH3 is 2. The molecule has 3 aromatic carbocycles. The Morgan fingerprint density at radius 2 is 1.20 bits per heavy atom. The lowest BCUT2D eigenvalue weighted by atomic mass is 9.96. The molecule has 0 saturated carbocycles. The zero-order chi connectivity index (χ0) is 33.0. The van der Waals surface area contributed by atoms with Gasteiger partial charge in [-0.15, -0.1) is 0 Å². The average molecular weight is 680 g/mol. The summed E-state index contributed by atoms with van der Waals surface area (Å²) in [5.74, 6) is -0.192. The normalized spacial score (nSPS) is 11.8. The molecule has 4 rings (SSSR count). The van der Waals surface area contributed by atoms with Gasteiger partial charge in [0.05, 0.1) is 38.6 Å². The van der Waals surface area contributed by atoms with Gasteiger partial charge in [-0.25, -0.2) is 0 Å². The first-order chi connectivity index (χ1) is 21.1. The lowest BCUT2D eigenvalue weighted by molar-refractivity contribution is 0.296. The van der Waals surface area contributed by atoms with Crippen molar-refractivity contribution < 1.29 is 52.0 Å². The van der Waals surface area contributed by atoms with Crippen molar-refractivity contribution in [1.82, 2.24) is 4.98 Å². The van der Waals surface area contributed by atoms with Crippen molar-refractivity contribution in [1.29, 1.82) is 0 Å². The van der Waals surface area contributed by atoms with Crippen LogP contribution in [-0.2, 0) is 37.0 Å². The predicted molar refractivity (Wildman–Crippen MR) is 165 cm³/mol. The molecular weight excluding hydrogens is 651 g/mol. The number of hydrogen-bond acceptors (Lipinski definition) is 13. The highest BCUT2D eigenvalue weighted by Crippen LogP contribution is 2.51. The largest absolute Gasteiger partial charge is 0.496 e. The van der Waals surface area contributed by atoms with Crippen LogP contribution in [0.4, 0.5) is 0 Å². The van der Waals surface area contributed by atoms with Gasteiger partial charge in [0, 0.05) is 18.0 Å². The fraction of sp³-hybridized carbons (Fsp3) is 0.207. The quantitative estimate of drug-likeness (QED) is 0.186. The highest BCUT2D eigenvalue weighted by Gasteiger charge is 2.27. The minimum Gasteiger partial charge on any atom is -0.496 e. The molecular formula is C29H29NO12S3. The van der Waals surface area contributed by atoms with Gasteiger partial charge >= 0.3 is 30.4 Å². The van der Waals surface area contributed by atoms with Gasteiger partial charge < -0.3 is 26.8 Å². The fourth-order valence-corrected chi connectivity index (χ4v) is 5.59. The molecule has 0 unspecified atom stereocenters. The topological polar surface area (TPSA) is 171 Å². The van der Waals surface area contributed by atoms with Gasteiger partial charge in [0.1, 0.15) is 18.1 Å². The molecule has 16 heteroatoms. The van der Waals surface area contributed by atoms with E-state index in [1.54, 1.807) is 36.7 Å². The zero-order valence-electron chi connectivity index (χ0n) is 24.7. The molecule has 13 nitrogen and oxygen atoms in total. The van der Waals surface area contributed by atoms with Gasteiger partial charge in [-0.05, 0) is 59.2 Å². The molecule has 0 aliphatic carbocycles. The van der Waals surface area contributed by atoms with Crippen LogP contribution < -0.4 is 26.8 Å². The summed E-state index contributed by atoms with van der Waals surface area (Å²) >= 11 is 0. The fourth-order valence-electron chi connectivity index (χ4n) is 4.21. The van der Waals surface area contributed by atoms with Crippen molar-refractivity contribution in [3.8, 4) is 56.8 Å². The molecule has 1 aromatic heterocycles. The molecule has 0 saturated heterocycles. The molecule has 0 amide bonds. The third kappa shape index (κ3) is 8.99. The molecule has 0 aliphatic heterocycles. The molecule has 0 spiro atoms. The van der Waals surface area contributed by atoms with Gasteiger partial charge in [0.25, 0.3) is 0 Å². The summed E-state index contributed by atoms with van der Waals surface area (Å²) in [6.45, 7) is 0.0737. The Morgan fingerprint density at radius 1 is 0.600 bits per heavy atom. The van der Waals surface area contributed by atoms with E-state index in [1.165, 1.54) is 50.6 Å². The first-order valence-electron chi connectivity index (χ1n) is 12.8. The third-order valence-corrected chi connectivity index (χ3v) is 7.34. The Balaban J connectivity index is 1.91. The van der Waals surface area contributed by atoms with Gasteiger partial charge in [0.15, 0.2) is 23.0 Å². The smallest absolute Gasteiger partial charge is 0.306 e. The van der Waals surface area contributed by atoms with Crippen LogP contribution in [-0.4, -0.2) is 63.2 Å². The Bertz CT molecular complexity index is 2010. The van der Waals surface area contributed by atoms with E-state index in [2.05, 4.69) is 4.98 Å². The third-order valence-electron chi connectivity index (χ3n) is 5.89. The number of pyridine rings is 1. The molecule has 0 atom stereocenters. The highest BCUT2D eigenvalue weighted by atomic mass is 32.2. The lowest BCUT2D eigenvalue weighted by Gasteiger charge is -2.21. The summed E-state index contributed by atoms with van der Waals surface area (Å²) in [6.07, 6.45) is 5.80. The maximum Gasteiger partial charge on any atom is 0.306 e. The lowest BCUT2D eigenvalue weighted by Crippen LogP contribution is -2.10. The van der Waals surface area contributed by atoms with Gasteiger partial charge in [-0.3, -0.25) is 4.98 Å². The van der Waals surface area contributed by atoms with Gasteiger partial charge in [0.2, 0.25) is 0 Å². The van der Waals surface area contributed by atoms with Crippen LogP contribution in [0.2, 0.25) is 0 Å². The predicted octanol–water partition coefficient (Wildman–Crippen LogP) is 4.03. The van der Waals surface area contributed by atoms with Crippen LogP contribution in [0.15, 0.2) is 73.1 Å². The summed E-state index contributed by atoms with van der Waals surface area (Å²) in [6, 6.07) is 15.2. The van der Waals surface area contributed by atoms with Crippen molar-refractivity contribution in [2.24, 2.45) is 0 Å². The van der Waals surface area contributed by atoms with Crippen LogP contribution in [0.1, 0.15) is 5.56 Å². The van der Waals surface area contributed by atoms with Crippen molar-refractivity contribution in [3.05, 3.63) is 78.6 Å². The number of benzene rings is 3.